The largest absolute Gasteiger partial charge is 0.322 e. The number of anilines is 2. The second-order valence-corrected chi connectivity index (χ2v) is 9.91. The molecule has 6 nitrogen and oxygen atoms in total. The third-order valence-corrected chi connectivity index (χ3v) is 6.91. The molecule has 188 valence electrons. The van der Waals surface area contributed by atoms with Gasteiger partial charge in [0.25, 0.3) is 11.8 Å². The van der Waals surface area contributed by atoms with Crippen LogP contribution in [0, 0.1) is 6.92 Å². The Morgan fingerprint density at radius 1 is 0.972 bits per heavy atom. The van der Waals surface area contributed by atoms with Gasteiger partial charge in [0.1, 0.15) is 5.50 Å². The smallest absolute Gasteiger partial charge is 0.259 e. The van der Waals surface area contributed by atoms with Crippen LogP contribution in [0.2, 0.25) is 0 Å². The van der Waals surface area contributed by atoms with Crippen LogP contribution >= 0.6 is 11.6 Å². The molecule has 7 heteroatoms. The molecule has 36 heavy (non-hydrogen) atoms. The molecule has 0 saturated carbocycles. The van der Waals surface area contributed by atoms with Crippen LogP contribution in [-0.2, 0) is 0 Å². The number of carbonyl (C=O) groups excluding carboxylic acids is 2. The number of carbonyl (C=O) groups is 2. The molecule has 0 saturated heterocycles. The molecule has 2 N–H and O–H groups in total. The van der Waals surface area contributed by atoms with E-state index < -0.39 is 5.50 Å². The van der Waals surface area contributed by atoms with Gasteiger partial charge >= 0.3 is 0 Å². The minimum absolute atomic E-state index is 0.124. The normalized spacial score (nSPS) is 17.4. The number of rotatable bonds is 7. The Bertz CT molecular complexity index is 1210. The Morgan fingerprint density at radius 3 is 2.39 bits per heavy atom. The average Bonchev–Trinajstić information content (AvgIpc) is 3.00. The van der Waals surface area contributed by atoms with Crippen molar-refractivity contribution < 1.29 is 9.59 Å². The summed E-state index contributed by atoms with van der Waals surface area (Å²) in [6.07, 6.45) is 1.51. The number of likely N-dealkylation sites (N-methyl/N-ethyl adjacent to an activating group) is 1. The Balaban J connectivity index is 1.53. The molecular formula is C29H33ClN4O2. The zero-order valence-electron chi connectivity index (χ0n) is 21.0. The summed E-state index contributed by atoms with van der Waals surface area (Å²) in [6, 6.07) is 22.5. The van der Waals surface area contributed by atoms with E-state index in [0.29, 0.717) is 23.2 Å². The zero-order chi connectivity index (χ0) is 25.7. The monoisotopic (exact) mass is 504 g/mol. The maximum Gasteiger partial charge on any atom is 0.259 e. The predicted octanol–water partition coefficient (Wildman–Crippen LogP) is 5.45. The average molecular weight is 505 g/mol. The molecule has 0 aliphatic carbocycles. The van der Waals surface area contributed by atoms with Crippen molar-refractivity contribution in [3.05, 3.63) is 95.1 Å². The molecule has 0 aromatic heterocycles. The summed E-state index contributed by atoms with van der Waals surface area (Å²) in [7, 11) is 4.11. The highest BCUT2D eigenvalue weighted by Gasteiger charge is 2.32. The van der Waals surface area contributed by atoms with E-state index in [4.69, 9.17) is 11.6 Å². The van der Waals surface area contributed by atoms with Gasteiger partial charge in [0.05, 0.1) is 5.69 Å². The first-order chi connectivity index (χ1) is 17.3. The molecule has 3 aromatic carbocycles. The highest BCUT2D eigenvalue weighted by atomic mass is 35.5. The number of alkyl halides is 1. The van der Waals surface area contributed by atoms with Crippen molar-refractivity contribution in [3.63, 3.8) is 0 Å². The van der Waals surface area contributed by atoms with E-state index in [2.05, 4.69) is 35.7 Å². The van der Waals surface area contributed by atoms with E-state index in [1.165, 1.54) is 0 Å². The molecular weight excluding hydrogens is 472 g/mol. The molecule has 2 atom stereocenters. The Morgan fingerprint density at radius 2 is 1.67 bits per heavy atom. The van der Waals surface area contributed by atoms with E-state index in [-0.39, 0.29) is 17.9 Å². The summed E-state index contributed by atoms with van der Waals surface area (Å²) in [5.74, 6) is -0.338. The SMILES string of the molecule is Cc1ccccc1C(=O)Nc1ccc(C(=O)N2c3ccccc3C(NCCN(C)C)CCC2Cl)cc1. The Hall–Kier alpha value is -3.19. The number of benzene rings is 3. The van der Waals surface area contributed by atoms with Crippen molar-refractivity contribution in [2.24, 2.45) is 0 Å². The number of amides is 2. The second-order valence-electron chi connectivity index (χ2n) is 9.40. The third kappa shape index (κ3) is 5.95. The molecule has 1 aliphatic rings. The fraction of sp³-hybridized carbons (Fsp3) is 0.310. The molecule has 2 unspecified atom stereocenters. The quantitative estimate of drug-likeness (QED) is 0.332. The van der Waals surface area contributed by atoms with E-state index in [9.17, 15) is 9.59 Å². The topological polar surface area (TPSA) is 64.7 Å². The summed E-state index contributed by atoms with van der Waals surface area (Å²) in [6.45, 7) is 3.68. The van der Waals surface area contributed by atoms with Crippen LogP contribution in [0.25, 0.3) is 0 Å². The summed E-state index contributed by atoms with van der Waals surface area (Å²) in [5.41, 5.74) is 4.13. The molecule has 0 fully saturated rings. The van der Waals surface area contributed by atoms with Gasteiger partial charge in [0, 0.05) is 35.9 Å². The number of para-hydroxylation sites is 1. The van der Waals surface area contributed by atoms with Gasteiger partial charge in [0.15, 0.2) is 0 Å². The first-order valence-electron chi connectivity index (χ1n) is 12.3. The van der Waals surface area contributed by atoms with Crippen molar-refractivity contribution in [1.82, 2.24) is 10.2 Å². The number of aryl methyl sites for hydroxylation is 1. The van der Waals surface area contributed by atoms with Crippen LogP contribution in [0.5, 0.6) is 0 Å². The van der Waals surface area contributed by atoms with Gasteiger partial charge in [-0.25, -0.2) is 0 Å². The number of nitrogens with one attached hydrogen (secondary N) is 2. The molecule has 2 amide bonds. The van der Waals surface area contributed by atoms with Gasteiger partial charge in [-0.2, -0.15) is 0 Å². The fourth-order valence-electron chi connectivity index (χ4n) is 4.51. The van der Waals surface area contributed by atoms with Gasteiger partial charge < -0.3 is 15.5 Å². The first-order valence-corrected chi connectivity index (χ1v) is 12.7. The number of hydrogen-bond donors (Lipinski definition) is 2. The van der Waals surface area contributed by atoms with Crippen molar-refractivity contribution in [3.8, 4) is 0 Å². The third-order valence-electron chi connectivity index (χ3n) is 6.49. The predicted molar refractivity (Wildman–Crippen MR) is 147 cm³/mol. The van der Waals surface area contributed by atoms with Crippen LogP contribution in [0.15, 0.2) is 72.8 Å². The molecule has 4 rings (SSSR count). The number of hydrogen-bond acceptors (Lipinski definition) is 4. The zero-order valence-corrected chi connectivity index (χ0v) is 21.8. The van der Waals surface area contributed by atoms with Crippen LogP contribution in [0.4, 0.5) is 11.4 Å². The molecule has 1 heterocycles. The van der Waals surface area contributed by atoms with Crippen molar-refractivity contribution in [1.29, 1.82) is 0 Å². The van der Waals surface area contributed by atoms with Gasteiger partial charge in [-0.3, -0.25) is 14.5 Å². The second kappa shape index (κ2) is 11.7. The fourth-order valence-corrected chi connectivity index (χ4v) is 4.83. The molecule has 0 bridgehead atoms. The number of halogens is 1. The molecule has 3 aromatic rings. The highest BCUT2D eigenvalue weighted by Crippen LogP contribution is 2.37. The summed E-state index contributed by atoms with van der Waals surface area (Å²) in [4.78, 5) is 30.2. The maximum atomic E-state index is 13.7. The molecule has 1 aliphatic heterocycles. The van der Waals surface area contributed by atoms with Gasteiger partial charge in [0.2, 0.25) is 0 Å². The van der Waals surface area contributed by atoms with E-state index >= 15 is 0 Å². The minimum atomic E-state index is -0.459. The Kier molecular flexibility index (Phi) is 8.41. The van der Waals surface area contributed by atoms with Crippen molar-refractivity contribution in [2.45, 2.75) is 31.3 Å². The first kappa shape index (κ1) is 25.9. The lowest BCUT2D eigenvalue weighted by Crippen LogP contribution is -2.37. The van der Waals surface area contributed by atoms with E-state index in [0.717, 1.165) is 36.3 Å². The minimum Gasteiger partial charge on any atom is -0.322 e. The lowest BCUT2D eigenvalue weighted by atomic mass is 10.0. The van der Waals surface area contributed by atoms with Crippen LogP contribution in [0.3, 0.4) is 0 Å². The number of nitrogens with zero attached hydrogens (tertiary/aromatic N) is 2. The maximum absolute atomic E-state index is 13.7. The van der Waals surface area contributed by atoms with Crippen molar-refractivity contribution >= 4 is 34.8 Å². The summed E-state index contributed by atoms with van der Waals surface area (Å²) in [5, 5.41) is 6.54. The van der Waals surface area contributed by atoms with Crippen LogP contribution in [0.1, 0.15) is 50.7 Å². The van der Waals surface area contributed by atoms with Gasteiger partial charge in [-0.15, -0.1) is 0 Å². The van der Waals surface area contributed by atoms with Gasteiger partial charge in [-0.1, -0.05) is 48.0 Å². The molecule has 0 spiro atoms. The molecule has 0 radical (unpaired) electrons. The Labute approximate surface area is 218 Å². The van der Waals surface area contributed by atoms with Crippen molar-refractivity contribution in [2.75, 3.05) is 37.4 Å². The highest BCUT2D eigenvalue weighted by molar-refractivity contribution is 6.26. The van der Waals surface area contributed by atoms with Gasteiger partial charge in [-0.05, 0) is 81.4 Å². The van der Waals surface area contributed by atoms with Crippen LogP contribution in [-0.4, -0.2) is 49.4 Å². The van der Waals surface area contributed by atoms with E-state index in [1.54, 1.807) is 35.2 Å². The standard InChI is InChI=1S/C29H33ClN4O2/c1-20-8-4-5-9-23(20)28(35)32-22-14-12-21(13-15-22)29(36)34-26-11-7-6-10-24(26)25(16-17-27(34)30)31-18-19-33(2)3/h4-15,25,27,31H,16-19H2,1-3H3,(H,32,35). The van der Waals surface area contributed by atoms with Crippen LogP contribution < -0.4 is 15.5 Å². The van der Waals surface area contributed by atoms with E-state index in [1.807, 2.05) is 43.3 Å². The lowest BCUT2D eigenvalue weighted by molar-refractivity contribution is 0.0982. The number of fused-ring (bicyclic) bond motifs is 1. The summed E-state index contributed by atoms with van der Waals surface area (Å²) >= 11 is 6.80. The lowest BCUT2D eigenvalue weighted by Gasteiger charge is -2.28. The summed E-state index contributed by atoms with van der Waals surface area (Å²) < 4.78 is 0.